The van der Waals surface area contributed by atoms with Crippen molar-refractivity contribution < 1.29 is 17.9 Å². The van der Waals surface area contributed by atoms with Crippen molar-refractivity contribution in [3.05, 3.63) is 65.3 Å². The van der Waals surface area contributed by atoms with Gasteiger partial charge in [-0.2, -0.15) is 0 Å². The van der Waals surface area contributed by atoms with E-state index in [1.807, 2.05) is 12.1 Å². The highest BCUT2D eigenvalue weighted by molar-refractivity contribution is 7.90. The summed E-state index contributed by atoms with van der Waals surface area (Å²) < 4.78 is 33.5. The van der Waals surface area contributed by atoms with Gasteiger partial charge in [-0.05, 0) is 36.6 Å². The predicted octanol–water partition coefficient (Wildman–Crippen LogP) is 3.56. The van der Waals surface area contributed by atoms with Gasteiger partial charge in [-0.3, -0.25) is 4.79 Å². The number of sulfone groups is 1. The lowest BCUT2D eigenvalue weighted by molar-refractivity contribution is -0.122. The summed E-state index contributed by atoms with van der Waals surface area (Å²) in [6, 6.07) is 14.0. The Balaban J connectivity index is 1.56. The molecule has 8 heteroatoms. The highest BCUT2D eigenvalue weighted by atomic mass is 35.5. The molecule has 1 aromatic heterocycles. The van der Waals surface area contributed by atoms with E-state index in [1.165, 1.54) is 0 Å². The number of amides is 1. The molecule has 1 saturated heterocycles. The van der Waals surface area contributed by atoms with E-state index in [4.69, 9.17) is 16.3 Å². The van der Waals surface area contributed by atoms with Crippen molar-refractivity contribution in [1.82, 2.24) is 9.88 Å². The van der Waals surface area contributed by atoms with Crippen LogP contribution in [0.2, 0.25) is 5.02 Å². The molecule has 3 aromatic rings. The minimum atomic E-state index is -3.61. The monoisotopic (exact) mass is 446 g/mol. The predicted molar refractivity (Wildman–Crippen MR) is 116 cm³/mol. The molecule has 2 heterocycles. The number of halogens is 1. The third-order valence-corrected chi connectivity index (χ3v) is 7.18. The number of benzene rings is 2. The Kier molecular flexibility index (Phi) is 6.13. The Hall–Kier alpha value is -2.35. The van der Waals surface area contributed by atoms with Crippen LogP contribution in [0.4, 0.5) is 0 Å². The maximum absolute atomic E-state index is 13.1. The lowest BCUT2D eigenvalue weighted by atomic mass is 10.2. The smallest absolute Gasteiger partial charge is 0.240 e. The summed E-state index contributed by atoms with van der Waals surface area (Å²) >= 11 is 5.90. The van der Waals surface area contributed by atoms with Crippen LogP contribution in [0, 0.1) is 0 Å². The van der Waals surface area contributed by atoms with Crippen molar-refractivity contribution >= 4 is 38.2 Å². The van der Waals surface area contributed by atoms with E-state index in [9.17, 15) is 13.2 Å². The molecular formula is C22H23ClN2O4S. The number of ether oxygens (including phenoxy) is 1. The number of nitrogens with zero attached hydrogens (tertiary/aromatic N) is 1. The van der Waals surface area contributed by atoms with Crippen LogP contribution in [0.5, 0.6) is 0 Å². The van der Waals surface area contributed by atoms with E-state index < -0.39 is 9.84 Å². The second kappa shape index (κ2) is 8.79. The molecule has 1 amide bonds. The van der Waals surface area contributed by atoms with Gasteiger partial charge in [0.05, 0.1) is 16.8 Å². The highest BCUT2D eigenvalue weighted by Crippen LogP contribution is 2.28. The van der Waals surface area contributed by atoms with Crippen LogP contribution >= 0.6 is 11.6 Å². The fourth-order valence-corrected chi connectivity index (χ4v) is 5.42. The summed E-state index contributed by atoms with van der Waals surface area (Å²) in [7, 11) is -3.61. The number of rotatable bonds is 7. The van der Waals surface area contributed by atoms with Crippen LogP contribution in [0.25, 0.3) is 10.9 Å². The third-order valence-electron chi connectivity index (χ3n) is 5.22. The summed E-state index contributed by atoms with van der Waals surface area (Å²) in [5.41, 5.74) is 1.37. The second-order valence-corrected chi connectivity index (χ2v) is 9.86. The SMILES string of the molecule is O=C(Cn1cc(S(=O)(=O)Cc2ccc(Cl)cc2)c2ccccc21)NCC1CCCO1. The molecule has 0 bridgehead atoms. The molecule has 1 N–H and O–H groups in total. The first-order valence-corrected chi connectivity index (χ1v) is 11.9. The molecule has 0 radical (unpaired) electrons. The fraction of sp³-hybridized carbons (Fsp3) is 0.318. The minimum Gasteiger partial charge on any atom is -0.376 e. The summed E-state index contributed by atoms with van der Waals surface area (Å²) in [6.45, 7) is 1.25. The van der Waals surface area contributed by atoms with Gasteiger partial charge in [-0.15, -0.1) is 0 Å². The van der Waals surface area contributed by atoms with Crippen molar-refractivity contribution in [3.8, 4) is 0 Å². The Morgan fingerprint density at radius 1 is 1.17 bits per heavy atom. The number of para-hydroxylation sites is 1. The molecule has 6 nitrogen and oxygen atoms in total. The molecule has 1 aliphatic heterocycles. The molecule has 1 fully saturated rings. The number of nitrogens with one attached hydrogen (secondary N) is 1. The lowest BCUT2D eigenvalue weighted by Crippen LogP contribution is -2.34. The maximum Gasteiger partial charge on any atom is 0.240 e. The van der Waals surface area contributed by atoms with Crippen LogP contribution in [-0.4, -0.2) is 38.1 Å². The number of hydrogen-bond acceptors (Lipinski definition) is 4. The zero-order valence-corrected chi connectivity index (χ0v) is 18.0. The van der Waals surface area contributed by atoms with Gasteiger partial charge in [0.2, 0.25) is 5.91 Å². The zero-order valence-electron chi connectivity index (χ0n) is 16.4. The summed E-state index contributed by atoms with van der Waals surface area (Å²) in [5.74, 6) is -0.309. The van der Waals surface area contributed by atoms with Gasteiger partial charge in [-0.25, -0.2) is 8.42 Å². The second-order valence-electron chi connectivity index (χ2n) is 7.46. The molecule has 0 spiro atoms. The van der Waals surface area contributed by atoms with Crippen LogP contribution in [0.1, 0.15) is 18.4 Å². The molecule has 4 rings (SSSR count). The van der Waals surface area contributed by atoms with Crippen molar-refractivity contribution in [1.29, 1.82) is 0 Å². The van der Waals surface area contributed by atoms with Gasteiger partial charge in [-0.1, -0.05) is 41.9 Å². The molecule has 2 aromatic carbocycles. The average molecular weight is 447 g/mol. The van der Waals surface area contributed by atoms with Gasteiger partial charge < -0.3 is 14.6 Å². The first-order chi connectivity index (χ1) is 14.4. The number of carbonyl (C=O) groups excluding carboxylic acids is 1. The fourth-order valence-electron chi connectivity index (χ4n) is 3.71. The minimum absolute atomic E-state index is 0.0453. The van der Waals surface area contributed by atoms with E-state index in [0.29, 0.717) is 28.0 Å². The molecule has 30 heavy (non-hydrogen) atoms. The van der Waals surface area contributed by atoms with Gasteiger partial charge in [0, 0.05) is 35.3 Å². The molecule has 1 unspecified atom stereocenters. The van der Waals surface area contributed by atoms with E-state index in [0.717, 1.165) is 19.4 Å². The normalized spacial score (nSPS) is 16.8. The van der Waals surface area contributed by atoms with Gasteiger partial charge in [0.25, 0.3) is 0 Å². The molecular weight excluding hydrogens is 424 g/mol. The number of carbonyl (C=O) groups is 1. The van der Waals surface area contributed by atoms with E-state index in [-0.39, 0.29) is 29.2 Å². The maximum atomic E-state index is 13.1. The van der Waals surface area contributed by atoms with Crippen LogP contribution in [-0.2, 0) is 31.7 Å². The standard InChI is InChI=1S/C22H23ClN2O4S/c23-17-9-7-16(8-10-17)15-30(27,28)21-13-25(20-6-2-1-5-19(20)21)14-22(26)24-12-18-4-3-11-29-18/h1-2,5-10,13,18H,3-4,11-12,14-15H2,(H,24,26). The molecule has 158 valence electrons. The van der Waals surface area contributed by atoms with Gasteiger partial charge in [0.15, 0.2) is 9.84 Å². The number of fused-ring (bicyclic) bond motifs is 1. The van der Waals surface area contributed by atoms with Crippen molar-refractivity contribution in [2.75, 3.05) is 13.2 Å². The Labute approximate surface area is 180 Å². The van der Waals surface area contributed by atoms with E-state index >= 15 is 0 Å². The lowest BCUT2D eigenvalue weighted by Gasteiger charge is -2.11. The Bertz CT molecular complexity index is 1150. The molecule has 1 atom stereocenters. The Morgan fingerprint density at radius 3 is 2.67 bits per heavy atom. The molecule has 1 aliphatic rings. The van der Waals surface area contributed by atoms with Crippen LogP contribution in [0.3, 0.4) is 0 Å². The van der Waals surface area contributed by atoms with E-state index in [2.05, 4.69) is 5.32 Å². The number of hydrogen-bond donors (Lipinski definition) is 1. The van der Waals surface area contributed by atoms with Gasteiger partial charge in [0.1, 0.15) is 6.54 Å². The topological polar surface area (TPSA) is 77.4 Å². The Morgan fingerprint density at radius 2 is 1.93 bits per heavy atom. The quantitative estimate of drug-likeness (QED) is 0.602. The summed E-state index contributed by atoms with van der Waals surface area (Å²) in [6.07, 6.45) is 3.57. The largest absolute Gasteiger partial charge is 0.376 e. The van der Waals surface area contributed by atoms with Crippen LogP contribution in [0.15, 0.2) is 59.6 Å². The van der Waals surface area contributed by atoms with E-state index in [1.54, 1.807) is 47.2 Å². The first kappa shape index (κ1) is 20.9. The zero-order chi connectivity index (χ0) is 21.1. The van der Waals surface area contributed by atoms with Crippen molar-refractivity contribution in [3.63, 3.8) is 0 Å². The molecule has 0 saturated carbocycles. The summed E-state index contributed by atoms with van der Waals surface area (Å²) in [5, 5.41) is 4.05. The average Bonchev–Trinajstić information content (AvgIpc) is 3.37. The third kappa shape index (κ3) is 4.69. The molecule has 0 aliphatic carbocycles. The van der Waals surface area contributed by atoms with Crippen molar-refractivity contribution in [2.45, 2.75) is 36.1 Å². The number of aromatic nitrogens is 1. The highest BCUT2D eigenvalue weighted by Gasteiger charge is 2.23. The van der Waals surface area contributed by atoms with Crippen LogP contribution < -0.4 is 5.32 Å². The van der Waals surface area contributed by atoms with Crippen molar-refractivity contribution in [2.24, 2.45) is 0 Å². The van der Waals surface area contributed by atoms with Gasteiger partial charge >= 0.3 is 0 Å². The first-order valence-electron chi connectivity index (χ1n) is 9.86. The summed E-state index contributed by atoms with van der Waals surface area (Å²) in [4.78, 5) is 12.7.